The largest absolute Gasteiger partial charge is 0.385 e. The van der Waals surface area contributed by atoms with Crippen LogP contribution in [-0.2, 0) is 6.42 Å². The van der Waals surface area contributed by atoms with Crippen LogP contribution in [0.2, 0.25) is 0 Å². The van der Waals surface area contributed by atoms with Crippen LogP contribution in [0.15, 0.2) is 60.8 Å². The number of benzene rings is 2. The van der Waals surface area contributed by atoms with Gasteiger partial charge in [0.1, 0.15) is 0 Å². The average Bonchev–Trinajstić information content (AvgIpc) is 3.16. The molecule has 0 aliphatic heterocycles. The van der Waals surface area contributed by atoms with Gasteiger partial charge in [-0.25, -0.2) is 8.78 Å². The third-order valence-electron chi connectivity index (χ3n) is 5.53. The molecule has 0 bridgehead atoms. The Morgan fingerprint density at radius 2 is 1.69 bits per heavy atom. The van der Waals surface area contributed by atoms with Crippen molar-refractivity contribution in [1.29, 1.82) is 0 Å². The molecule has 1 aliphatic carbocycles. The van der Waals surface area contributed by atoms with Gasteiger partial charge in [-0.05, 0) is 61.9 Å². The standard InChI is InChI=1S/C13H17F2N.C11H14N2/c14-13(15)8-6-11(7-9-13)10-16-12-4-2-1-3-5-12;12-7-3-4-9-8-13-11-6-2-1-5-10(9)11/h1-5,11,16H,6-10H2;1-2,5-6,8,13H,3-4,7,12H2. The molecule has 1 fully saturated rings. The van der Waals surface area contributed by atoms with E-state index in [0.717, 1.165) is 31.6 Å². The number of nitrogens with one attached hydrogen (secondary N) is 2. The number of aromatic amines is 1. The Morgan fingerprint density at radius 1 is 1.00 bits per heavy atom. The molecule has 0 spiro atoms. The number of anilines is 1. The van der Waals surface area contributed by atoms with E-state index in [2.05, 4.69) is 34.7 Å². The summed E-state index contributed by atoms with van der Waals surface area (Å²) in [6.07, 6.45) is 5.57. The molecule has 0 radical (unpaired) electrons. The van der Waals surface area contributed by atoms with Gasteiger partial charge in [0, 0.05) is 42.2 Å². The lowest BCUT2D eigenvalue weighted by atomic mass is 9.87. The lowest BCUT2D eigenvalue weighted by Gasteiger charge is -2.28. The predicted molar refractivity (Wildman–Crippen MR) is 118 cm³/mol. The van der Waals surface area contributed by atoms with Gasteiger partial charge in [-0.1, -0.05) is 36.4 Å². The first kappa shape index (κ1) is 21.3. The van der Waals surface area contributed by atoms with E-state index in [-0.39, 0.29) is 12.8 Å². The summed E-state index contributed by atoms with van der Waals surface area (Å²) in [6, 6.07) is 18.3. The van der Waals surface area contributed by atoms with Gasteiger partial charge in [-0.15, -0.1) is 0 Å². The van der Waals surface area contributed by atoms with E-state index in [4.69, 9.17) is 5.73 Å². The Morgan fingerprint density at radius 3 is 2.41 bits per heavy atom. The highest BCUT2D eigenvalue weighted by molar-refractivity contribution is 5.82. The average molecular weight is 400 g/mol. The molecule has 1 aromatic heterocycles. The van der Waals surface area contributed by atoms with Crippen LogP contribution in [-0.4, -0.2) is 24.0 Å². The van der Waals surface area contributed by atoms with Gasteiger partial charge in [-0.2, -0.15) is 0 Å². The van der Waals surface area contributed by atoms with E-state index in [9.17, 15) is 8.78 Å². The van der Waals surface area contributed by atoms with Crippen molar-refractivity contribution >= 4 is 16.6 Å². The number of para-hydroxylation sites is 2. The maximum Gasteiger partial charge on any atom is 0.248 e. The molecule has 0 unspecified atom stereocenters. The molecule has 0 amide bonds. The first-order valence-electron chi connectivity index (χ1n) is 10.5. The fraction of sp³-hybridized carbons (Fsp3) is 0.417. The number of halogens is 2. The number of aromatic nitrogens is 1. The molecule has 1 saturated carbocycles. The second-order valence-electron chi connectivity index (χ2n) is 7.80. The lowest BCUT2D eigenvalue weighted by molar-refractivity contribution is -0.0443. The molecular formula is C24H31F2N3. The summed E-state index contributed by atoms with van der Waals surface area (Å²) < 4.78 is 25.8. The minimum Gasteiger partial charge on any atom is -0.385 e. The summed E-state index contributed by atoms with van der Waals surface area (Å²) in [5.41, 5.74) is 9.14. The van der Waals surface area contributed by atoms with Crippen molar-refractivity contribution in [1.82, 2.24) is 4.98 Å². The Labute approximate surface area is 171 Å². The minimum absolute atomic E-state index is 0.0497. The van der Waals surface area contributed by atoms with E-state index in [1.165, 1.54) is 16.5 Å². The molecule has 5 heteroatoms. The molecule has 29 heavy (non-hydrogen) atoms. The summed E-state index contributed by atoms with van der Waals surface area (Å²) in [5.74, 6) is -2.02. The summed E-state index contributed by atoms with van der Waals surface area (Å²) in [5, 5.41) is 4.63. The fourth-order valence-electron chi connectivity index (χ4n) is 3.75. The molecule has 1 heterocycles. The number of alkyl halides is 2. The summed E-state index contributed by atoms with van der Waals surface area (Å²) in [6.45, 7) is 1.57. The van der Waals surface area contributed by atoms with Crippen molar-refractivity contribution in [3.63, 3.8) is 0 Å². The first-order valence-corrected chi connectivity index (χ1v) is 10.5. The van der Waals surface area contributed by atoms with Gasteiger partial charge in [0.15, 0.2) is 0 Å². The second-order valence-corrected chi connectivity index (χ2v) is 7.80. The molecule has 2 aromatic carbocycles. The highest BCUT2D eigenvalue weighted by Crippen LogP contribution is 2.36. The van der Waals surface area contributed by atoms with Crippen LogP contribution in [0, 0.1) is 5.92 Å². The molecule has 3 nitrogen and oxygen atoms in total. The number of H-pyrrole nitrogens is 1. The van der Waals surface area contributed by atoms with Crippen LogP contribution in [0.3, 0.4) is 0 Å². The van der Waals surface area contributed by atoms with E-state index in [0.29, 0.717) is 18.8 Å². The smallest absolute Gasteiger partial charge is 0.248 e. The molecule has 0 saturated heterocycles. The number of nitrogens with two attached hydrogens (primary N) is 1. The molecule has 156 valence electrons. The molecule has 4 N–H and O–H groups in total. The minimum atomic E-state index is -2.41. The molecule has 0 atom stereocenters. The predicted octanol–water partition coefficient (Wildman–Crippen LogP) is 5.98. The quantitative estimate of drug-likeness (QED) is 0.477. The fourth-order valence-corrected chi connectivity index (χ4v) is 3.75. The second kappa shape index (κ2) is 10.4. The van der Waals surface area contributed by atoms with E-state index >= 15 is 0 Å². The maximum absolute atomic E-state index is 12.9. The highest BCUT2D eigenvalue weighted by atomic mass is 19.3. The SMILES string of the molecule is FC1(F)CCC(CNc2ccccc2)CC1.NCCCc1c[nH]c2ccccc12. The van der Waals surface area contributed by atoms with Gasteiger partial charge >= 0.3 is 0 Å². The lowest BCUT2D eigenvalue weighted by Crippen LogP contribution is -2.28. The van der Waals surface area contributed by atoms with Crippen molar-refractivity contribution < 1.29 is 8.78 Å². The van der Waals surface area contributed by atoms with Crippen LogP contribution in [0.25, 0.3) is 10.9 Å². The van der Waals surface area contributed by atoms with Crippen LogP contribution in [0.1, 0.15) is 37.7 Å². The van der Waals surface area contributed by atoms with Crippen LogP contribution >= 0.6 is 0 Å². The van der Waals surface area contributed by atoms with Crippen molar-refractivity contribution in [2.45, 2.75) is 44.4 Å². The zero-order valence-electron chi connectivity index (χ0n) is 16.8. The summed E-state index contributed by atoms with van der Waals surface area (Å²) in [7, 11) is 0. The Balaban J connectivity index is 0.000000169. The zero-order valence-corrected chi connectivity index (χ0v) is 16.8. The van der Waals surface area contributed by atoms with Crippen molar-refractivity contribution in [2.24, 2.45) is 11.7 Å². The summed E-state index contributed by atoms with van der Waals surface area (Å²) in [4.78, 5) is 3.26. The van der Waals surface area contributed by atoms with Gasteiger partial charge < -0.3 is 16.0 Å². The zero-order chi connectivity index (χ0) is 20.5. The number of aryl methyl sites for hydroxylation is 1. The monoisotopic (exact) mass is 399 g/mol. The number of hydrogen-bond donors (Lipinski definition) is 3. The topological polar surface area (TPSA) is 53.8 Å². The number of hydrogen-bond acceptors (Lipinski definition) is 2. The Hall–Kier alpha value is -2.40. The third-order valence-corrected chi connectivity index (χ3v) is 5.53. The Kier molecular flexibility index (Phi) is 7.64. The number of fused-ring (bicyclic) bond motifs is 1. The number of rotatable bonds is 6. The van der Waals surface area contributed by atoms with Gasteiger partial charge in [0.2, 0.25) is 5.92 Å². The highest BCUT2D eigenvalue weighted by Gasteiger charge is 2.34. The van der Waals surface area contributed by atoms with Crippen molar-refractivity contribution in [2.75, 3.05) is 18.4 Å². The normalized spacial score (nSPS) is 16.2. The van der Waals surface area contributed by atoms with E-state index in [1.54, 1.807) is 0 Å². The Bertz CT molecular complexity index is 851. The maximum atomic E-state index is 12.9. The van der Waals surface area contributed by atoms with Crippen LogP contribution in [0.4, 0.5) is 14.5 Å². The first-order chi connectivity index (χ1) is 14.1. The summed E-state index contributed by atoms with van der Waals surface area (Å²) >= 11 is 0. The van der Waals surface area contributed by atoms with Gasteiger partial charge in [0.25, 0.3) is 0 Å². The van der Waals surface area contributed by atoms with Crippen molar-refractivity contribution in [3.8, 4) is 0 Å². The molecule has 4 rings (SSSR count). The van der Waals surface area contributed by atoms with Gasteiger partial charge in [-0.3, -0.25) is 0 Å². The van der Waals surface area contributed by atoms with E-state index < -0.39 is 5.92 Å². The molecule has 3 aromatic rings. The molecule has 1 aliphatic rings. The van der Waals surface area contributed by atoms with Gasteiger partial charge in [0.05, 0.1) is 0 Å². The van der Waals surface area contributed by atoms with Crippen LogP contribution < -0.4 is 11.1 Å². The molecular weight excluding hydrogens is 368 g/mol. The third kappa shape index (κ3) is 6.57. The van der Waals surface area contributed by atoms with Crippen LogP contribution in [0.5, 0.6) is 0 Å². The van der Waals surface area contributed by atoms with E-state index in [1.807, 2.05) is 36.4 Å². The van der Waals surface area contributed by atoms with Crippen molar-refractivity contribution in [3.05, 3.63) is 66.4 Å².